The van der Waals surface area contributed by atoms with Crippen LogP contribution in [0.4, 0.5) is 0 Å². The van der Waals surface area contributed by atoms with Gasteiger partial charge >= 0.3 is 0 Å². The SMILES string of the molecule is CSCCC(NS(=O)(=O)c1ccccc1)C(=O)NC(C)c1cc2ccccc2o1. The lowest BCUT2D eigenvalue weighted by atomic mass is 10.2. The van der Waals surface area contributed by atoms with Crippen molar-refractivity contribution in [3.63, 3.8) is 0 Å². The van der Waals surface area contributed by atoms with Gasteiger partial charge in [0.25, 0.3) is 0 Å². The van der Waals surface area contributed by atoms with E-state index in [1.807, 2.05) is 43.5 Å². The van der Waals surface area contributed by atoms with E-state index < -0.39 is 22.1 Å². The van der Waals surface area contributed by atoms with Crippen LogP contribution < -0.4 is 10.0 Å². The first kappa shape index (κ1) is 21.4. The van der Waals surface area contributed by atoms with Gasteiger partial charge in [-0.1, -0.05) is 36.4 Å². The fraction of sp³-hybridized carbons (Fsp3) is 0.286. The number of carbonyl (C=O) groups excluding carboxylic acids is 1. The Morgan fingerprint density at radius 2 is 1.79 bits per heavy atom. The molecule has 154 valence electrons. The van der Waals surface area contributed by atoms with Gasteiger partial charge in [-0.15, -0.1) is 0 Å². The van der Waals surface area contributed by atoms with E-state index in [-0.39, 0.29) is 10.8 Å². The van der Waals surface area contributed by atoms with Crippen molar-refractivity contribution in [1.82, 2.24) is 10.0 Å². The van der Waals surface area contributed by atoms with Crippen LogP contribution in [0.25, 0.3) is 11.0 Å². The summed E-state index contributed by atoms with van der Waals surface area (Å²) in [7, 11) is -3.80. The van der Waals surface area contributed by atoms with E-state index >= 15 is 0 Å². The third kappa shape index (κ3) is 5.41. The third-order valence-electron chi connectivity index (χ3n) is 4.51. The van der Waals surface area contributed by atoms with E-state index in [9.17, 15) is 13.2 Å². The summed E-state index contributed by atoms with van der Waals surface area (Å²) in [5, 5.41) is 3.82. The van der Waals surface area contributed by atoms with Crippen molar-refractivity contribution < 1.29 is 17.6 Å². The first-order chi connectivity index (χ1) is 13.9. The maximum Gasteiger partial charge on any atom is 0.241 e. The number of para-hydroxylation sites is 1. The van der Waals surface area contributed by atoms with Gasteiger partial charge in [0.15, 0.2) is 0 Å². The van der Waals surface area contributed by atoms with E-state index in [2.05, 4.69) is 10.0 Å². The van der Waals surface area contributed by atoms with Crippen LogP contribution in [0.2, 0.25) is 0 Å². The zero-order valence-corrected chi connectivity index (χ0v) is 17.9. The highest BCUT2D eigenvalue weighted by Crippen LogP contribution is 2.23. The number of hydrogen-bond acceptors (Lipinski definition) is 5. The van der Waals surface area contributed by atoms with Gasteiger partial charge in [0.2, 0.25) is 15.9 Å². The molecule has 0 radical (unpaired) electrons. The molecule has 29 heavy (non-hydrogen) atoms. The predicted molar refractivity (Wildman–Crippen MR) is 116 cm³/mol. The van der Waals surface area contributed by atoms with Crippen LogP contribution in [0.1, 0.15) is 25.1 Å². The average molecular weight is 433 g/mol. The molecule has 0 aliphatic rings. The number of benzene rings is 2. The lowest BCUT2D eigenvalue weighted by Crippen LogP contribution is -2.47. The maximum absolute atomic E-state index is 12.9. The van der Waals surface area contributed by atoms with Gasteiger partial charge in [-0.25, -0.2) is 8.42 Å². The molecule has 0 saturated heterocycles. The Labute approximate surface area is 175 Å². The molecule has 0 aliphatic carbocycles. The van der Waals surface area contributed by atoms with Crippen molar-refractivity contribution in [2.75, 3.05) is 12.0 Å². The van der Waals surface area contributed by atoms with Gasteiger partial charge in [0, 0.05) is 5.39 Å². The van der Waals surface area contributed by atoms with Crippen LogP contribution in [0, 0.1) is 0 Å². The Morgan fingerprint density at radius 1 is 1.10 bits per heavy atom. The second-order valence-electron chi connectivity index (χ2n) is 6.69. The molecule has 0 aliphatic heterocycles. The molecule has 8 heteroatoms. The standard InChI is InChI=1S/C21H24N2O4S2/c1-15(20-14-16-8-6-7-11-19(16)27-20)22-21(24)18(12-13-28-2)23-29(25,26)17-9-4-3-5-10-17/h3-11,14-15,18,23H,12-13H2,1-2H3,(H,22,24). The highest BCUT2D eigenvalue weighted by Gasteiger charge is 2.27. The van der Waals surface area contributed by atoms with Crippen LogP contribution in [-0.2, 0) is 14.8 Å². The first-order valence-corrected chi connectivity index (χ1v) is 12.1. The summed E-state index contributed by atoms with van der Waals surface area (Å²) < 4.78 is 33.7. The van der Waals surface area contributed by atoms with Crippen LogP contribution in [-0.4, -0.2) is 32.4 Å². The molecule has 0 bridgehead atoms. The summed E-state index contributed by atoms with van der Waals surface area (Å²) >= 11 is 1.55. The van der Waals surface area contributed by atoms with Crippen LogP contribution in [0.15, 0.2) is 70.0 Å². The number of hydrogen-bond donors (Lipinski definition) is 2. The zero-order valence-electron chi connectivity index (χ0n) is 16.3. The van der Waals surface area contributed by atoms with E-state index in [0.717, 1.165) is 11.0 Å². The van der Waals surface area contributed by atoms with Crippen LogP contribution >= 0.6 is 11.8 Å². The molecule has 0 fully saturated rings. The molecule has 1 aromatic heterocycles. The molecule has 0 spiro atoms. The van der Waals surface area contributed by atoms with Crippen molar-refractivity contribution in [2.45, 2.75) is 30.3 Å². The molecule has 2 atom stereocenters. The second kappa shape index (κ2) is 9.47. The average Bonchev–Trinajstić information content (AvgIpc) is 3.16. The molecular weight excluding hydrogens is 408 g/mol. The lowest BCUT2D eigenvalue weighted by Gasteiger charge is -2.20. The van der Waals surface area contributed by atoms with Crippen LogP contribution in [0.5, 0.6) is 0 Å². The highest BCUT2D eigenvalue weighted by molar-refractivity contribution is 7.98. The minimum Gasteiger partial charge on any atom is -0.459 e. The van der Waals surface area contributed by atoms with Crippen molar-refractivity contribution >= 4 is 38.7 Å². The quantitative estimate of drug-likeness (QED) is 0.538. The minimum absolute atomic E-state index is 0.132. The second-order valence-corrected chi connectivity index (χ2v) is 9.38. The number of thioether (sulfide) groups is 1. The number of nitrogens with one attached hydrogen (secondary N) is 2. The highest BCUT2D eigenvalue weighted by atomic mass is 32.2. The van der Waals surface area contributed by atoms with Crippen molar-refractivity contribution in [3.8, 4) is 0 Å². The smallest absolute Gasteiger partial charge is 0.241 e. The lowest BCUT2D eigenvalue weighted by molar-refractivity contribution is -0.123. The monoisotopic (exact) mass is 432 g/mol. The Balaban J connectivity index is 1.74. The van der Waals surface area contributed by atoms with Gasteiger partial charge in [-0.3, -0.25) is 4.79 Å². The molecule has 0 saturated carbocycles. The molecule has 6 nitrogen and oxygen atoms in total. The first-order valence-electron chi connectivity index (χ1n) is 9.26. The largest absolute Gasteiger partial charge is 0.459 e. The summed E-state index contributed by atoms with van der Waals surface area (Å²) in [6.07, 6.45) is 2.30. The van der Waals surface area contributed by atoms with Crippen molar-refractivity contribution in [3.05, 3.63) is 66.4 Å². The van der Waals surface area contributed by atoms with Crippen molar-refractivity contribution in [1.29, 1.82) is 0 Å². The minimum atomic E-state index is -3.80. The fourth-order valence-corrected chi connectivity index (χ4v) is 4.66. The molecule has 1 heterocycles. The molecule has 2 aromatic carbocycles. The Morgan fingerprint density at radius 3 is 2.48 bits per heavy atom. The number of amides is 1. The molecule has 3 rings (SSSR count). The van der Waals surface area contributed by atoms with Gasteiger partial charge < -0.3 is 9.73 Å². The van der Waals surface area contributed by atoms with Crippen molar-refractivity contribution in [2.24, 2.45) is 0 Å². The number of rotatable bonds is 9. The normalized spacial score (nSPS) is 13.9. The van der Waals surface area contributed by atoms with E-state index in [0.29, 0.717) is 17.9 Å². The van der Waals surface area contributed by atoms with Gasteiger partial charge in [0.05, 0.1) is 10.9 Å². The summed E-state index contributed by atoms with van der Waals surface area (Å²) in [6, 6.07) is 16.3. The topological polar surface area (TPSA) is 88.4 Å². The van der Waals surface area contributed by atoms with Gasteiger partial charge in [-0.2, -0.15) is 16.5 Å². The molecule has 2 N–H and O–H groups in total. The van der Waals surface area contributed by atoms with Crippen LogP contribution in [0.3, 0.4) is 0 Å². The van der Waals surface area contributed by atoms with E-state index in [4.69, 9.17) is 4.42 Å². The number of carbonyl (C=O) groups is 1. The number of sulfonamides is 1. The Bertz CT molecular complexity index is 1030. The van der Waals surface area contributed by atoms with Gasteiger partial charge in [0.1, 0.15) is 17.4 Å². The molecule has 1 amide bonds. The predicted octanol–water partition coefficient (Wildman–Crippen LogP) is 3.71. The maximum atomic E-state index is 12.9. The molecule has 3 aromatic rings. The summed E-state index contributed by atoms with van der Waals surface area (Å²) in [5.41, 5.74) is 0.743. The van der Waals surface area contributed by atoms with E-state index in [1.54, 1.807) is 30.0 Å². The Hall–Kier alpha value is -2.29. The van der Waals surface area contributed by atoms with Gasteiger partial charge in [-0.05, 0) is 49.6 Å². The number of fused-ring (bicyclic) bond motifs is 1. The molecular formula is C21H24N2O4S2. The molecule has 2 unspecified atom stereocenters. The zero-order chi connectivity index (χ0) is 20.9. The van der Waals surface area contributed by atoms with E-state index in [1.165, 1.54) is 12.1 Å². The Kier molecular flexibility index (Phi) is 7.00. The number of furan rings is 1. The summed E-state index contributed by atoms with van der Waals surface area (Å²) in [6.45, 7) is 1.81. The summed E-state index contributed by atoms with van der Waals surface area (Å²) in [4.78, 5) is 13.0. The summed E-state index contributed by atoms with van der Waals surface area (Å²) in [5.74, 6) is 0.884. The third-order valence-corrected chi connectivity index (χ3v) is 6.64. The fourth-order valence-electron chi connectivity index (χ4n) is 2.94.